The zero-order chi connectivity index (χ0) is 15.0. The van der Waals surface area contributed by atoms with Gasteiger partial charge in [-0.2, -0.15) is 0 Å². The molecule has 0 spiro atoms. The molecule has 1 aromatic heterocycles. The Morgan fingerprint density at radius 1 is 1.24 bits per heavy atom. The van der Waals surface area contributed by atoms with Crippen LogP contribution in [0.4, 0.5) is 5.95 Å². The normalized spacial score (nSPS) is 19.1. The van der Waals surface area contributed by atoms with Crippen LogP contribution >= 0.6 is 15.9 Å². The largest absolute Gasteiger partial charge is 0.369 e. The Labute approximate surface area is 132 Å². The number of nitrogen functional groups attached to an aromatic ring is 1. The molecule has 3 rings (SSSR count). The van der Waals surface area contributed by atoms with E-state index >= 15 is 0 Å². The van der Waals surface area contributed by atoms with Crippen molar-refractivity contribution in [3.05, 3.63) is 22.7 Å². The summed E-state index contributed by atoms with van der Waals surface area (Å²) < 4.78 is 25.8. The number of rotatable bonds is 3. The van der Waals surface area contributed by atoms with Gasteiger partial charge in [0.2, 0.25) is 5.95 Å². The van der Waals surface area contributed by atoms with Crippen molar-refractivity contribution in [1.82, 2.24) is 14.5 Å². The van der Waals surface area contributed by atoms with E-state index in [0.29, 0.717) is 25.6 Å². The summed E-state index contributed by atoms with van der Waals surface area (Å²) in [5.41, 5.74) is 7.85. The van der Waals surface area contributed by atoms with E-state index < -0.39 is 9.84 Å². The molecule has 1 aromatic carbocycles. The van der Waals surface area contributed by atoms with Gasteiger partial charge in [0.1, 0.15) is 0 Å². The van der Waals surface area contributed by atoms with Crippen molar-refractivity contribution < 1.29 is 8.42 Å². The number of sulfone groups is 1. The molecule has 0 bridgehead atoms. The third-order valence-electron chi connectivity index (χ3n) is 3.82. The van der Waals surface area contributed by atoms with E-state index in [-0.39, 0.29) is 11.5 Å². The average Bonchev–Trinajstić information content (AvgIpc) is 2.73. The Bertz CT molecular complexity index is 758. The van der Waals surface area contributed by atoms with Gasteiger partial charge in [0.25, 0.3) is 0 Å². The fraction of sp³-hybridized carbons (Fsp3) is 0.462. The van der Waals surface area contributed by atoms with Crippen LogP contribution in [0.25, 0.3) is 11.0 Å². The Balaban J connectivity index is 1.74. The van der Waals surface area contributed by atoms with Gasteiger partial charge in [0.05, 0.1) is 22.5 Å². The molecule has 2 heterocycles. The van der Waals surface area contributed by atoms with Crippen LogP contribution in [0, 0.1) is 0 Å². The minimum Gasteiger partial charge on any atom is -0.369 e. The summed E-state index contributed by atoms with van der Waals surface area (Å²) in [6.07, 6.45) is 0. The first-order valence-corrected chi connectivity index (χ1v) is 9.40. The van der Waals surface area contributed by atoms with Crippen molar-refractivity contribution >= 4 is 42.7 Å². The van der Waals surface area contributed by atoms with Crippen LogP contribution in [0.2, 0.25) is 0 Å². The molecule has 1 fully saturated rings. The summed E-state index contributed by atoms with van der Waals surface area (Å²) in [5, 5.41) is 0. The Morgan fingerprint density at radius 3 is 2.67 bits per heavy atom. The minimum absolute atomic E-state index is 0.249. The Kier molecular flexibility index (Phi) is 3.94. The van der Waals surface area contributed by atoms with Gasteiger partial charge < -0.3 is 10.3 Å². The van der Waals surface area contributed by atoms with Crippen molar-refractivity contribution in [2.24, 2.45) is 0 Å². The zero-order valence-electron chi connectivity index (χ0n) is 11.5. The molecule has 8 heteroatoms. The van der Waals surface area contributed by atoms with E-state index in [9.17, 15) is 8.42 Å². The molecule has 6 nitrogen and oxygen atoms in total. The Hall–Kier alpha value is -1.12. The molecule has 0 amide bonds. The molecular weight excluding hydrogens is 356 g/mol. The highest BCUT2D eigenvalue weighted by molar-refractivity contribution is 9.10. The van der Waals surface area contributed by atoms with Crippen molar-refractivity contribution in [2.75, 3.05) is 36.9 Å². The summed E-state index contributed by atoms with van der Waals surface area (Å²) >= 11 is 3.46. The number of aromatic nitrogens is 2. The Morgan fingerprint density at radius 2 is 1.95 bits per heavy atom. The topological polar surface area (TPSA) is 81.2 Å². The number of nitrogens with zero attached hydrogens (tertiary/aromatic N) is 3. The lowest BCUT2D eigenvalue weighted by atomic mass is 10.3. The fourth-order valence-corrected chi connectivity index (χ4v) is 4.19. The van der Waals surface area contributed by atoms with Crippen LogP contribution in [-0.4, -0.2) is 54.0 Å². The number of hydrogen-bond acceptors (Lipinski definition) is 5. The van der Waals surface area contributed by atoms with Crippen LogP contribution in [-0.2, 0) is 16.4 Å². The maximum Gasteiger partial charge on any atom is 0.201 e. The number of imidazole rings is 1. The quantitative estimate of drug-likeness (QED) is 0.872. The molecule has 0 aliphatic carbocycles. The number of benzene rings is 1. The van der Waals surface area contributed by atoms with E-state index in [1.807, 2.05) is 22.8 Å². The van der Waals surface area contributed by atoms with Gasteiger partial charge in [-0.15, -0.1) is 0 Å². The molecule has 1 saturated heterocycles. The number of halogens is 1. The van der Waals surface area contributed by atoms with Gasteiger partial charge >= 0.3 is 0 Å². The summed E-state index contributed by atoms with van der Waals surface area (Å²) in [6, 6.07) is 5.87. The smallest absolute Gasteiger partial charge is 0.201 e. The lowest BCUT2D eigenvalue weighted by Gasteiger charge is -2.26. The number of fused-ring (bicyclic) bond motifs is 1. The van der Waals surface area contributed by atoms with Gasteiger partial charge in [0.15, 0.2) is 9.84 Å². The molecule has 0 unspecified atom stereocenters. The van der Waals surface area contributed by atoms with Crippen molar-refractivity contribution in [3.8, 4) is 0 Å². The molecular formula is C13H17BrN4O2S. The second-order valence-corrected chi connectivity index (χ2v) is 8.47. The first kappa shape index (κ1) is 14.8. The highest BCUT2D eigenvalue weighted by atomic mass is 79.9. The van der Waals surface area contributed by atoms with Gasteiger partial charge in [-0.1, -0.05) is 15.9 Å². The summed E-state index contributed by atoms with van der Waals surface area (Å²) in [5.74, 6) is 0.991. The fourth-order valence-electron chi connectivity index (χ4n) is 2.56. The van der Waals surface area contributed by atoms with Crippen LogP contribution in [0.15, 0.2) is 22.7 Å². The molecule has 2 aromatic rings. The van der Waals surface area contributed by atoms with Crippen LogP contribution in [0.3, 0.4) is 0 Å². The molecule has 0 saturated carbocycles. The average molecular weight is 373 g/mol. The van der Waals surface area contributed by atoms with Crippen molar-refractivity contribution in [3.63, 3.8) is 0 Å². The number of nitrogens with two attached hydrogens (primary N) is 1. The predicted molar refractivity (Wildman–Crippen MR) is 86.9 cm³/mol. The van der Waals surface area contributed by atoms with E-state index in [2.05, 4.69) is 25.8 Å². The van der Waals surface area contributed by atoms with E-state index in [4.69, 9.17) is 5.73 Å². The van der Waals surface area contributed by atoms with Crippen LogP contribution in [0.1, 0.15) is 0 Å². The molecule has 1 aliphatic heterocycles. The lowest BCUT2D eigenvalue weighted by Crippen LogP contribution is -2.41. The van der Waals surface area contributed by atoms with Gasteiger partial charge in [-0.3, -0.25) is 4.90 Å². The summed E-state index contributed by atoms with van der Waals surface area (Å²) in [6.45, 7) is 2.67. The van der Waals surface area contributed by atoms with Gasteiger partial charge in [0, 0.05) is 30.7 Å². The van der Waals surface area contributed by atoms with Crippen LogP contribution < -0.4 is 5.73 Å². The lowest BCUT2D eigenvalue weighted by molar-refractivity contribution is 0.285. The summed E-state index contributed by atoms with van der Waals surface area (Å²) in [4.78, 5) is 6.50. The van der Waals surface area contributed by atoms with Crippen molar-refractivity contribution in [2.45, 2.75) is 6.54 Å². The van der Waals surface area contributed by atoms with Crippen LogP contribution in [0.5, 0.6) is 0 Å². The molecule has 0 radical (unpaired) electrons. The van der Waals surface area contributed by atoms with E-state index in [1.54, 1.807) is 0 Å². The van der Waals surface area contributed by atoms with E-state index in [1.165, 1.54) is 0 Å². The SMILES string of the molecule is Nc1nc2ccc(Br)cc2n1CCN1CCS(=O)(=O)CC1. The minimum atomic E-state index is -2.83. The molecule has 114 valence electrons. The highest BCUT2D eigenvalue weighted by Crippen LogP contribution is 2.22. The number of hydrogen-bond donors (Lipinski definition) is 1. The maximum absolute atomic E-state index is 11.4. The van der Waals surface area contributed by atoms with E-state index in [0.717, 1.165) is 22.1 Å². The molecule has 0 atom stereocenters. The summed E-state index contributed by atoms with van der Waals surface area (Å²) in [7, 11) is -2.83. The first-order chi connectivity index (χ1) is 9.94. The highest BCUT2D eigenvalue weighted by Gasteiger charge is 2.21. The second kappa shape index (κ2) is 5.58. The molecule has 1 aliphatic rings. The third kappa shape index (κ3) is 3.22. The monoisotopic (exact) mass is 372 g/mol. The van der Waals surface area contributed by atoms with Gasteiger partial charge in [-0.05, 0) is 18.2 Å². The third-order valence-corrected chi connectivity index (χ3v) is 5.92. The predicted octanol–water partition coefficient (Wildman–Crippen LogP) is 1.11. The zero-order valence-corrected chi connectivity index (χ0v) is 13.9. The molecule has 2 N–H and O–H groups in total. The standard InChI is InChI=1S/C13H17BrN4O2S/c14-10-1-2-11-12(9-10)18(13(15)16-11)4-3-17-5-7-21(19,20)8-6-17/h1-2,9H,3-8H2,(H2,15,16). The van der Waals surface area contributed by atoms with Gasteiger partial charge in [-0.25, -0.2) is 13.4 Å². The van der Waals surface area contributed by atoms with Crippen molar-refractivity contribution in [1.29, 1.82) is 0 Å². The second-order valence-electron chi connectivity index (χ2n) is 5.25. The molecule has 21 heavy (non-hydrogen) atoms. The number of anilines is 1. The first-order valence-electron chi connectivity index (χ1n) is 6.79. The maximum atomic E-state index is 11.4.